The molecule has 12 nitrogen and oxygen atoms in total. The normalized spacial score (nSPS) is 23.8. The number of benzene rings is 1. The van der Waals surface area contributed by atoms with Crippen molar-refractivity contribution < 1.29 is 24.3 Å². The second-order valence-electron chi connectivity index (χ2n) is 16.4. The predicted molar refractivity (Wildman–Crippen MR) is 190 cm³/mol. The molecule has 2 saturated heterocycles. The molecule has 5 fully saturated rings. The van der Waals surface area contributed by atoms with Gasteiger partial charge in [0.25, 0.3) is 0 Å². The summed E-state index contributed by atoms with van der Waals surface area (Å²) in [4.78, 5) is 30.8. The summed E-state index contributed by atoms with van der Waals surface area (Å²) in [6.07, 6.45) is 7.52. The minimum Gasteiger partial charge on any atom is -0.507 e. The first-order chi connectivity index (χ1) is 24.7. The van der Waals surface area contributed by atoms with Crippen molar-refractivity contribution in [3.63, 3.8) is 0 Å². The number of phenolic OH excluding ortho intramolecular Hbond substituents is 1. The van der Waals surface area contributed by atoms with Crippen molar-refractivity contribution in [3.8, 4) is 17.0 Å². The maximum absolute atomic E-state index is 14.0. The molecule has 5 aliphatic rings. The summed E-state index contributed by atoms with van der Waals surface area (Å²) in [5.74, 6) is 1.37. The summed E-state index contributed by atoms with van der Waals surface area (Å²) < 4.78 is 8.37. The Morgan fingerprint density at radius 1 is 1.06 bits per heavy atom. The second-order valence-corrected chi connectivity index (χ2v) is 16.4. The molecule has 268 valence electrons. The lowest BCUT2D eigenvalue weighted by molar-refractivity contribution is -0.140. The third kappa shape index (κ3) is 5.75. The van der Waals surface area contributed by atoms with Crippen LogP contribution in [0.2, 0.25) is 0 Å². The molecular formula is C39H47N7O5. The number of anilines is 1. The Morgan fingerprint density at radius 2 is 1.84 bits per heavy atom. The highest BCUT2D eigenvalue weighted by Crippen LogP contribution is 2.58. The van der Waals surface area contributed by atoms with Gasteiger partial charge in [-0.25, -0.2) is 0 Å². The number of nitrogens with one attached hydrogen (secondary N) is 1. The van der Waals surface area contributed by atoms with Crippen LogP contribution >= 0.6 is 0 Å². The topological polar surface area (TPSA) is 150 Å². The van der Waals surface area contributed by atoms with Crippen molar-refractivity contribution in [1.82, 2.24) is 30.1 Å². The molecule has 3 atom stereocenters. The summed E-state index contributed by atoms with van der Waals surface area (Å²) in [7, 11) is 0. The van der Waals surface area contributed by atoms with E-state index in [2.05, 4.69) is 42.3 Å². The van der Waals surface area contributed by atoms with Gasteiger partial charge in [-0.05, 0) is 81.0 Å². The number of aromatic hydroxyl groups is 1. The number of likely N-dealkylation sites (tertiary alicyclic amines) is 1. The summed E-state index contributed by atoms with van der Waals surface area (Å²) in [5.41, 5.74) is 4.94. The molecule has 12 heteroatoms. The average Bonchev–Trinajstić information content (AvgIpc) is 3.43. The number of carbonyl (C=O) groups excluding carboxylic acids is 2. The Labute approximate surface area is 297 Å². The van der Waals surface area contributed by atoms with Gasteiger partial charge >= 0.3 is 0 Å². The average molecular weight is 694 g/mol. The van der Waals surface area contributed by atoms with Gasteiger partial charge in [0.2, 0.25) is 11.8 Å². The third-order valence-corrected chi connectivity index (χ3v) is 12.3. The molecule has 1 unspecified atom stereocenters. The molecule has 9 rings (SSSR count). The first-order valence-electron chi connectivity index (χ1n) is 18.8. The Kier molecular flexibility index (Phi) is 7.86. The van der Waals surface area contributed by atoms with Gasteiger partial charge in [0.15, 0.2) is 11.6 Å². The number of hydrogen-bond donors (Lipinski definition) is 3. The van der Waals surface area contributed by atoms with Crippen molar-refractivity contribution in [2.75, 3.05) is 31.1 Å². The van der Waals surface area contributed by atoms with Crippen LogP contribution in [0.1, 0.15) is 94.5 Å². The van der Waals surface area contributed by atoms with Gasteiger partial charge in [-0.3, -0.25) is 9.59 Å². The number of rotatable bonds is 10. The maximum atomic E-state index is 14.0. The van der Waals surface area contributed by atoms with Gasteiger partial charge in [-0.1, -0.05) is 31.1 Å². The van der Waals surface area contributed by atoms with Crippen LogP contribution < -0.4 is 10.2 Å². The standard InChI is InChI=1S/C39H47N7O5/c1-22(2)36(38(50)45-19-26(47)12-32(45)37(49)40-18-23-10-11-23)34-15-35(43-51-34)44-20-39(21-44)16-24(17-39)30-14-29-31(46(30)25-6-5-7-25)13-28(41-42-29)27-8-3-4-9-33(27)48/h3-4,8-9,13-15,22-26,32,36,47-48H,5-7,10-12,16-21H2,1-2H3,(H,40,49)/t26-,32+,36?/m1/s1. The number of hydrogen-bond acceptors (Lipinski definition) is 9. The molecule has 2 aliphatic heterocycles. The van der Waals surface area contributed by atoms with Gasteiger partial charge in [-0.15, -0.1) is 10.2 Å². The van der Waals surface area contributed by atoms with E-state index >= 15 is 0 Å². The van der Waals surface area contributed by atoms with Crippen molar-refractivity contribution in [1.29, 1.82) is 0 Å². The fourth-order valence-electron chi connectivity index (χ4n) is 9.08. The molecule has 1 spiro atoms. The fraction of sp³-hybridized carbons (Fsp3) is 0.564. The summed E-state index contributed by atoms with van der Waals surface area (Å²) in [5, 5.41) is 37.4. The van der Waals surface area contributed by atoms with Crippen molar-refractivity contribution >= 4 is 28.7 Å². The SMILES string of the molecule is CC(C)C(C(=O)N1C[C@H](O)C[C@H]1C(=O)NCC1CC1)c1cc(N2CC3(CC(c4cc5nnc(-c6ccccc6O)cc5n4C4CCC4)C3)C2)no1. The minimum absolute atomic E-state index is 0.0806. The highest BCUT2D eigenvalue weighted by atomic mass is 16.5. The number of aliphatic hydroxyl groups excluding tert-OH is 1. The maximum Gasteiger partial charge on any atom is 0.242 e. The molecule has 3 aliphatic carbocycles. The van der Waals surface area contributed by atoms with Crippen LogP contribution in [0.3, 0.4) is 0 Å². The van der Waals surface area contributed by atoms with Crippen LogP contribution in [0.4, 0.5) is 5.82 Å². The van der Waals surface area contributed by atoms with E-state index in [1.165, 1.54) is 12.1 Å². The zero-order valence-electron chi connectivity index (χ0n) is 29.4. The smallest absolute Gasteiger partial charge is 0.242 e. The van der Waals surface area contributed by atoms with Crippen LogP contribution in [0.25, 0.3) is 22.3 Å². The van der Waals surface area contributed by atoms with E-state index in [1.54, 1.807) is 11.0 Å². The molecule has 0 bridgehead atoms. The number of nitrogens with zero attached hydrogens (tertiary/aromatic N) is 6. The molecule has 5 heterocycles. The fourth-order valence-corrected chi connectivity index (χ4v) is 9.08. The quantitative estimate of drug-likeness (QED) is 0.206. The van der Waals surface area contributed by atoms with E-state index in [0.29, 0.717) is 41.4 Å². The Bertz CT molecular complexity index is 1960. The monoisotopic (exact) mass is 693 g/mol. The van der Waals surface area contributed by atoms with Crippen LogP contribution in [0, 0.1) is 17.3 Å². The number of fused-ring (bicyclic) bond motifs is 1. The molecule has 2 amide bonds. The number of para-hydroxylation sites is 1. The molecule has 4 aromatic rings. The third-order valence-electron chi connectivity index (χ3n) is 12.3. The Balaban J connectivity index is 0.877. The van der Waals surface area contributed by atoms with Crippen LogP contribution in [-0.4, -0.2) is 85.2 Å². The largest absolute Gasteiger partial charge is 0.507 e. The minimum atomic E-state index is -0.726. The highest BCUT2D eigenvalue weighted by Gasteiger charge is 2.54. The lowest BCUT2D eigenvalue weighted by Crippen LogP contribution is -2.62. The van der Waals surface area contributed by atoms with E-state index in [0.717, 1.165) is 68.5 Å². The zero-order valence-corrected chi connectivity index (χ0v) is 29.4. The van der Waals surface area contributed by atoms with E-state index in [9.17, 15) is 19.8 Å². The lowest BCUT2D eigenvalue weighted by Gasteiger charge is -2.59. The van der Waals surface area contributed by atoms with Gasteiger partial charge in [-0.2, -0.15) is 0 Å². The van der Waals surface area contributed by atoms with Gasteiger partial charge in [0.1, 0.15) is 23.2 Å². The van der Waals surface area contributed by atoms with E-state index in [4.69, 9.17) is 4.52 Å². The second kappa shape index (κ2) is 12.4. The number of carbonyl (C=O) groups is 2. The van der Waals surface area contributed by atoms with E-state index in [1.807, 2.05) is 38.1 Å². The molecule has 1 aromatic carbocycles. The van der Waals surface area contributed by atoms with Gasteiger partial charge in [0.05, 0.1) is 17.3 Å². The number of β-amino-alcohol motifs (C(OH)–C–C–N with tert-alkyl or cyclic N) is 1. The van der Waals surface area contributed by atoms with Crippen LogP contribution in [-0.2, 0) is 9.59 Å². The molecule has 3 aromatic heterocycles. The number of phenols is 1. The van der Waals surface area contributed by atoms with E-state index < -0.39 is 18.1 Å². The summed E-state index contributed by atoms with van der Waals surface area (Å²) in [6.45, 7) is 6.51. The summed E-state index contributed by atoms with van der Waals surface area (Å²) in [6, 6.07) is 13.3. The first kappa shape index (κ1) is 32.5. The van der Waals surface area contributed by atoms with Crippen molar-refractivity contribution in [2.24, 2.45) is 17.3 Å². The van der Waals surface area contributed by atoms with Gasteiger partial charge in [0, 0.05) is 67.3 Å². The highest BCUT2D eigenvalue weighted by molar-refractivity contribution is 5.91. The van der Waals surface area contributed by atoms with Crippen molar-refractivity contribution in [2.45, 2.75) is 95.2 Å². The van der Waals surface area contributed by atoms with E-state index in [-0.39, 0.29) is 41.9 Å². The summed E-state index contributed by atoms with van der Waals surface area (Å²) >= 11 is 0. The lowest BCUT2D eigenvalue weighted by atomic mass is 9.57. The van der Waals surface area contributed by atoms with Crippen LogP contribution in [0.15, 0.2) is 47.0 Å². The first-order valence-corrected chi connectivity index (χ1v) is 18.8. The number of aromatic nitrogens is 4. The van der Waals surface area contributed by atoms with Crippen molar-refractivity contribution in [3.05, 3.63) is 53.9 Å². The molecular weight excluding hydrogens is 646 g/mol. The Hall–Kier alpha value is -4.45. The predicted octanol–water partition coefficient (Wildman–Crippen LogP) is 5.13. The molecule has 0 radical (unpaired) electrons. The van der Waals surface area contributed by atoms with Gasteiger partial charge < -0.3 is 34.4 Å². The Morgan fingerprint density at radius 3 is 2.55 bits per heavy atom. The number of aliphatic hydroxyl groups is 1. The molecule has 3 saturated carbocycles. The zero-order chi connectivity index (χ0) is 35.0. The molecule has 51 heavy (non-hydrogen) atoms. The number of amides is 2. The van der Waals surface area contributed by atoms with Crippen LogP contribution in [0.5, 0.6) is 5.75 Å². The molecule has 3 N–H and O–H groups in total.